The van der Waals surface area contributed by atoms with Gasteiger partial charge in [0.05, 0.1) is 24.2 Å². The number of Topliss-reactive ketones (excluding diaryl/α,β-unsaturated/α-hetero) is 1. The second kappa shape index (κ2) is 8.26. The Morgan fingerprint density at radius 1 is 0.794 bits per heavy atom. The van der Waals surface area contributed by atoms with Crippen LogP contribution in [-0.2, 0) is 4.79 Å². The highest BCUT2D eigenvalue weighted by Gasteiger charge is 2.59. The fraction of sp³-hybridized carbons (Fsp3) is 0.185. The normalized spacial score (nSPS) is 20.1. The number of β-lactam (4-membered cyclic amide) rings is 1. The first kappa shape index (κ1) is 21.6. The van der Waals surface area contributed by atoms with Gasteiger partial charge in [-0.05, 0) is 36.4 Å². The fourth-order valence-electron chi connectivity index (χ4n) is 4.74. The first-order valence-corrected chi connectivity index (χ1v) is 11.0. The number of nitrogens with zero attached hydrogens (tertiary/aromatic N) is 2. The second-order valence-electron chi connectivity index (χ2n) is 8.39. The van der Waals surface area contributed by atoms with E-state index in [9.17, 15) is 19.2 Å². The van der Waals surface area contributed by atoms with Crippen LogP contribution >= 0.6 is 0 Å². The Hall–Kier alpha value is -4.26. The smallest absolute Gasteiger partial charge is 0.263 e. The molecular weight excluding hydrogens is 432 g/mol. The third-order valence-corrected chi connectivity index (χ3v) is 6.56. The molecule has 0 unspecified atom stereocenters. The van der Waals surface area contributed by atoms with Crippen LogP contribution in [0, 0.1) is 11.8 Å². The number of methoxy groups -OCH3 is 1. The molecule has 0 N–H and O–H groups in total. The summed E-state index contributed by atoms with van der Waals surface area (Å²) >= 11 is 0. The Morgan fingerprint density at radius 2 is 1.35 bits per heavy atom. The van der Waals surface area contributed by atoms with Gasteiger partial charge in [-0.2, -0.15) is 0 Å². The largest absolute Gasteiger partial charge is 0.497 e. The average molecular weight is 454 g/mol. The zero-order valence-electron chi connectivity index (χ0n) is 18.7. The van der Waals surface area contributed by atoms with E-state index < -0.39 is 29.8 Å². The number of anilines is 1. The molecule has 1 saturated heterocycles. The summed E-state index contributed by atoms with van der Waals surface area (Å²) in [7, 11) is 1.54. The van der Waals surface area contributed by atoms with Crippen molar-refractivity contribution in [3.63, 3.8) is 0 Å². The highest BCUT2D eigenvalue weighted by atomic mass is 16.5. The third-order valence-electron chi connectivity index (χ3n) is 6.56. The zero-order chi connectivity index (χ0) is 24.0. The number of fused-ring (bicyclic) bond motifs is 1. The minimum Gasteiger partial charge on any atom is -0.497 e. The van der Waals surface area contributed by atoms with Gasteiger partial charge in [0.25, 0.3) is 11.8 Å². The predicted molar refractivity (Wildman–Crippen MR) is 125 cm³/mol. The molecule has 7 nitrogen and oxygen atoms in total. The first-order chi connectivity index (χ1) is 16.4. The number of carbonyl (C=O) groups excluding carboxylic acids is 4. The van der Waals surface area contributed by atoms with Crippen molar-refractivity contribution < 1.29 is 23.9 Å². The third kappa shape index (κ3) is 3.20. The van der Waals surface area contributed by atoms with Gasteiger partial charge in [-0.1, -0.05) is 49.4 Å². The van der Waals surface area contributed by atoms with E-state index in [1.807, 2.05) is 6.07 Å². The van der Waals surface area contributed by atoms with Gasteiger partial charge < -0.3 is 4.74 Å². The number of benzene rings is 3. The second-order valence-corrected chi connectivity index (χ2v) is 8.39. The number of amides is 3. The maximum Gasteiger partial charge on any atom is 0.263 e. The van der Waals surface area contributed by atoms with Gasteiger partial charge in [-0.25, -0.2) is 0 Å². The molecule has 170 valence electrons. The van der Waals surface area contributed by atoms with E-state index in [1.54, 1.807) is 79.7 Å². The summed E-state index contributed by atoms with van der Waals surface area (Å²) in [4.78, 5) is 55.8. The summed E-state index contributed by atoms with van der Waals surface area (Å²) in [5, 5.41) is 0. The molecule has 1 fully saturated rings. The molecule has 34 heavy (non-hydrogen) atoms. The van der Waals surface area contributed by atoms with Crippen LogP contribution < -0.4 is 9.64 Å². The number of ether oxygens (including phenoxy) is 1. The Bertz CT molecular complexity index is 1270. The van der Waals surface area contributed by atoms with Crippen molar-refractivity contribution in [1.82, 2.24) is 4.90 Å². The van der Waals surface area contributed by atoms with Crippen molar-refractivity contribution in [2.75, 3.05) is 12.0 Å². The summed E-state index contributed by atoms with van der Waals surface area (Å²) in [6.07, 6.45) is -0.920. The lowest BCUT2D eigenvalue weighted by Gasteiger charge is -2.51. The summed E-state index contributed by atoms with van der Waals surface area (Å²) in [5.41, 5.74) is 1.58. The van der Waals surface area contributed by atoms with Crippen molar-refractivity contribution in [3.8, 4) is 5.75 Å². The molecule has 0 saturated carbocycles. The molecule has 2 heterocycles. The minimum absolute atomic E-state index is 0.213. The highest BCUT2D eigenvalue weighted by molar-refractivity contribution is 6.23. The van der Waals surface area contributed by atoms with Gasteiger partial charge in [0.2, 0.25) is 5.91 Å². The number of imide groups is 1. The lowest BCUT2D eigenvalue weighted by Crippen LogP contribution is -2.71. The Kier molecular flexibility index (Phi) is 5.24. The Labute approximate surface area is 196 Å². The molecule has 0 bridgehead atoms. The quantitative estimate of drug-likeness (QED) is 0.321. The van der Waals surface area contributed by atoms with Crippen LogP contribution in [0.5, 0.6) is 5.75 Å². The first-order valence-electron chi connectivity index (χ1n) is 11.0. The van der Waals surface area contributed by atoms with E-state index in [0.29, 0.717) is 28.1 Å². The number of ketones is 1. The molecule has 0 aliphatic carbocycles. The van der Waals surface area contributed by atoms with Crippen LogP contribution in [0.25, 0.3) is 0 Å². The maximum atomic E-state index is 13.4. The molecule has 5 rings (SSSR count). The zero-order valence-corrected chi connectivity index (χ0v) is 18.7. The van der Waals surface area contributed by atoms with Crippen LogP contribution in [0.2, 0.25) is 0 Å². The van der Waals surface area contributed by atoms with Gasteiger partial charge in [-0.3, -0.25) is 29.0 Å². The molecule has 7 heteroatoms. The van der Waals surface area contributed by atoms with E-state index in [0.717, 1.165) is 4.90 Å². The fourth-order valence-corrected chi connectivity index (χ4v) is 4.74. The molecule has 3 aromatic carbocycles. The Balaban J connectivity index is 1.55. The van der Waals surface area contributed by atoms with Crippen molar-refractivity contribution in [2.24, 2.45) is 11.8 Å². The number of rotatable bonds is 6. The van der Waals surface area contributed by atoms with Crippen LogP contribution in [0.1, 0.15) is 38.0 Å². The standard InChI is InChI=1S/C27H22N2O5/c1-16(23(30)17-8-4-3-5-9-17)22-24(28(27(22)33)18-12-14-19(34-2)15-13-18)29-25(31)20-10-6-7-11-21(20)26(29)32/h3-16,22,24H,1-2H3/t16-,22-,24+/m0/s1. The number of carbonyl (C=O) groups is 4. The van der Waals surface area contributed by atoms with Gasteiger partial charge in [0.15, 0.2) is 5.78 Å². The monoisotopic (exact) mass is 454 g/mol. The molecular formula is C27H22N2O5. The molecule has 0 radical (unpaired) electrons. The molecule has 0 aromatic heterocycles. The summed E-state index contributed by atoms with van der Waals surface area (Å²) in [5.74, 6) is -2.46. The van der Waals surface area contributed by atoms with Crippen LogP contribution in [0.4, 0.5) is 5.69 Å². The van der Waals surface area contributed by atoms with E-state index in [4.69, 9.17) is 4.74 Å². The number of hydrogen-bond donors (Lipinski definition) is 0. The van der Waals surface area contributed by atoms with Gasteiger partial charge in [0.1, 0.15) is 11.9 Å². The minimum atomic E-state index is -0.920. The number of hydrogen-bond acceptors (Lipinski definition) is 5. The van der Waals surface area contributed by atoms with Crippen molar-refractivity contribution in [3.05, 3.63) is 95.6 Å². The lowest BCUT2D eigenvalue weighted by molar-refractivity contribution is -0.134. The van der Waals surface area contributed by atoms with Crippen molar-refractivity contribution in [2.45, 2.75) is 13.1 Å². The van der Waals surface area contributed by atoms with Crippen LogP contribution in [0.3, 0.4) is 0 Å². The highest BCUT2D eigenvalue weighted by Crippen LogP contribution is 2.43. The van der Waals surface area contributed by atoms with Gasteiger partial charge in [-0.15, -0.1) is 0 Å². The predicted octanol–water partition coefficient (Wildman–Crippen LogP) is 3.80. The molecule has 2 aliphatic heterocycles. The van der Waals surface area contributed by atoms with E-state index >= 15 is 0 Å². The summed E-state index contributed by atoms with van der Waals surface area (Å²) in [6, 6.07) is 22.1. The average Bonchev–Trinajstić information content (AvgIpc) is 3.12. The molecule has 2 aliphatic rings. The molecule has 3 atom stereocenters. The van der Waals surface area contributed by atoms with E-state index in [2.05, 4.69) is 0 Å². The summed E-state index contributed by atoms with van der Waals surface area (Å²) < 4.78 is 5.20. The topological polar surface area (TPSA) is 84.0 Å². The summed E-state index contributed by atoms with van der Waals surface area (Å²) in [6.45, 7) is 1.68. The van der Waals surface area contributed by atoms with Crippen molar-refractivity contribution in [1.29, 1.82) is 0 Å². The SMILES string of the molecule is COc1ccc(N2C(=O)[C@@H]([C@H](C)C(=O)c3ccccc3)[C@H]2N2C(=O)c3ccccc3C2=O)cc1. The van der Waals surface area contributed by atoms with Crippen LogP contribution in [0.15, 0.2) is 78.9 Å². The van der Waals surface area contributed by atoms with Gasteiger partial charge >= 0.3 is 0 Å². The molecule has 3 aromatic rings. The lowest BCUT2D eigenvalue weighted by atomic mass is 9.77. The molecule has 0 spiro atoms. The van der Waals surface area contributed by atoms with E-state index in [1.165, 1.54) is 12.0 Å². The van der Waals surface area contributed by atoms with Crippen LogP contribution in [-0.4, -0.2) is 41.7 Å². The Morgan fingerprint density at radius 3 is 1.91 bits per heavy atom. The van der Waals surface area contributed by atoms with Crippen molar-refractivity contribution >= 4 is 29.2 Å². The van der Waals surface area contributed by atoms with E-state index in [-0.39, 0.29) is 11.7 Å². The molecule has 3 amide bonds. The maximum absolute atomic E-state index is 13.4. The van der Waals surface area contributed by atoms with Gasteiger partial charge in [0, 0.05) is 17.2 Å².